The highest BCUT2D eigenvalue weighted by atomic mass is 19.1. The molecule has 2 N–H and O–H groups in total. The van der Waals surface area contributed by atoms with Gasteiger partial charge in [0.1, 0.15) is 11.6 Å². The lowest BCUT2D eigenvalue weighted by Gasteiger charge is -2.25. The van der Waals surface area contributed by atoms with Gasteiger partial charge in [-0.15, -0.1) is 0 Å². The molecule has 0 fully saturated rings. The molecular weight excluding hydrogens is 309 g/mol. The predicted octanol–water partition coefficient (Wildman–Crippen LogP) is 2.56. The van der Waals surface area contributed by atoms with Crippen molar-refractivity contribution in [2.45, 2.75) is 26.2 Å². The minimum atomic E-state index is -0.777. The molecule has 5 nitrogen and oxygen atoms in total. The summed E-state index contributed by atoms with van der Waals surface area (Å²) in [4.78, 5) is 27.8. The molecule has 1 aromatic heterocycles. The number of hydrogen-bond acceptors (Lipinski definition) is 3. The third-order valence-corrected chi connectivity index (χ3v) is 3.68. The van der Waals surface area contributed by atoms with Gasteiger partial charge in [-0.1, -0.05) is 32.0 Å². The summed E-state index contributed by atoms with van der Waals surface area (Å²) in [5.41, 5.74) is 1.38. The summed E-state index contributed by atoms with van der Waals surface area (Å²) in [5, 5.41) is 5.04. The fourth-order valence-corrected chi connectivity index (χ4v) is 2.10. The van der Waals surface area contributed by atoms with Gasteiger partial charge in [0.2, 0.25) is 0 Å². The Morgan fingerprint density at radius 1 is 1.08 bits per heavy atom. The van der Waals surface area contributed by atoms with Crippen LogP contribution in [0.3, 0.4) is 0 Å². The molecule has 0 atom stereocenters. The molecule has 0 saturated heterocycles. The van der Waals surface area contributed by atoms with Gasteiger partial charge in [0.05, 0.1) is 0 Å². The highest BCUT2D eigenvalue weighted by molar-refractivity contribution is 6.39. The summed E-state index contributed by atoms with van der Waals surface area (Å²) >= 11 is 0. The van der Waals surface area contributed by atoms with Crippen LogP contribution in [0.1, 0.15) is 25.0 Å². The van der Waals surface area contributed by atoms with Crippen molar-refractivity contribution in [3.8, 4) is 0 Å². The van der Waals surface area contributed by atoms with Crippen molar-refractivity contribution < 1.29 is 14.0 Å². The Balaban J connectivity index is 1.92. The van der Waals surface area contributed by atoms with E-state index < -0.39 is 17.2 Å². The lowest BCUT2D eigenvalue weighted by atomic mass is 9.84. The quantitative estimate of drug-likeness (QED) is 0.847. The van der Waals surface area contributed by atoms with E-state index in [1.165, 1.54) is 12.1 Å². The molecule has 2 amide bonds. The smallest absolute Gasteiger partial charge is 0.314 e. The molecule has 0 bridgehead atoms. The van der Waals surface area contributed by atoms with E-state index in [9.17, 15) is 14.0 Å². The first-order valence-corrected chi connectivity index (χ1v) is 7.56. The molecule has 0 aliphatic carbocycles. The molecule has 0 aliphatic rings. The van der Waals surface area contributed by atoms with Gasteiger partial charge < -0.3 is 10.6 Å². The zero-order valence-electron chi connectivity index (χ0n) is 13.9. The van der Waals surface area contributed by atoms with E-state index in [0.717, 1.165) is 11.1 Å². The Kier molecular flexibility index (Phi) is 5.28. The van der Waals surface area contributed by atoms with Gasteiger partial charge >= 0.3 is 11.8 Å². The maximum absolute atomic E-state index is 13.0. The molecule has 6 heteroatoms. The Bertz CT molecular complexity index is 725. The van der Waals surface area contributed by atoms with Crippen LogP contribution in [0.25, 0.3) is 0 Å². The van der Waals surface area contributed by atoms with Gasteiger partial charge in [-0.25, -0.2) is 9.37 Å². The number of aromatic nitrogens is 1. The molecule has 1 heterocycles. The second kappa shape index (κ2) is 7.21. The van der Waals surface area contributed by atoms with E-state index in [4.69, 9.17) is 0 Å². The average Bonchev–Trinajstić information content (AvgIpc) is 2.55. The Hall–Kier alpha value is -2.76. The largest absolute Gasteiger partial charge is 0.347 e. The minimum Gasteiger partial charge on any atom is -0.347 e. The normalized spacial score (nSPS) is 11.0. The second-order valence-electron chi connectivity index (χ2n) is 6.25. The van der Waals surface area contributed by atoms with Crippen molar-refractivity contribution in [2.24, 2.45) is 0 Å². The van der Waals surface area contributed by atoms with E-state index in [0.29, 0.717) is 5.82 Å². The SMILES string of the molecule is Cc1ccc(NC(=O)C(=O)NCC(C)(C)c2ccc(F)cc2)nc1. The van der Waals surface area contributed by atoms with Crippen molar-refractivity contribution >= 4 is 17.6 Å². The first-order valence-electron chi connectivity index (χ1n) is 7.56. The summed E-state index contributed by atoms with van der Waals surface area (Å²) in [6.07, 6.45) is 1.60. The number of amides is 2. The van der Waals surface area contributed by atoms with Crippen LogP contribution in [0, 0.1) is 12.7 Å². The van der Waals surface area contributed by atoms with Crippen molar-refractivity contribution in [2.75, 3.05) is 11.9 Å². The highest BCUT2D eigenvalue weighted by Gasteiger charge is 2.23. The third kappa shape index (κ3) is 4.62. The molecule has 0 radical (unpaired) electrons. The molecule has 0 saturated carbocycles. The number of halogens is 1. The lowest BCUT2D eigenvalue weighted by molar-refractivity contribution is -0.136. The topological polar surface area (TPSA) is 71.1 Å². The van der Waals surface area contributed by atoms with Crippen LogP contribution in [0.15, 0.2) is 42.6 Å². The molecule has 0 spiro atoms. The van der Waals surface area contributed by atoms with Crippen LogP contribution in [-0.4, -0.2) is 23.3 Å². The summed E-state index contributed by atoms with van der Waals surface area (Å²) in [5.74, 6) is -1.52. The number of hydrogen-bond donors (Lipinski definition) is 2. The summed E-state index contributed by atoms with van der Waals surface area (Å²) in [7, 11) is 0. The molecule has 0 unspecified atom stereocenters. The summed E-state index contributed by atoms with van der Waals surface area (Å²) in [6, 6.07) is 9.49. The Morgan fingerprint density at radius 2 is 1.75 bits per heavy atom. The van der Waals surface area contributed by atoms with Crippen LogP contribution in [-0.2, 0) is 15.0 Å². The predicted molar refractivity (Wildman–Crippen MR) is 90.0 cm³/mol. The number of pyridine rings is 1. The molecule has 2 rings (SSSR count). The van der Waals surface area contributed by atoms with Crippen molar-refractivity contribution in [3.05, 3.63) is 59.5 Å². The summed E-state index contributed by atoms with van der Waals surface area (Å²) < 4.78 is 13.0. The summed E-state index contributed by atoms with van der Waals surface area (Å²) in [6.45, 7) is 5.93. The molecule has 1 aromatic carbocycles. The van der Waals surface area contributed by atoms with Gasteiger partial charge in [0.15, 0.2) is 0 Å². The fraction of sp³-hybridized carbons (Fsp3) is 0.278. The van der Waals surface area contributed by atoms with Crippen LogP contribution in [0.5, 0.6) is 0 Å². The van der Waals surface area contributed by atoms with E-state index in [2.05, 4.69) is 15.6 Å². The van der Waals surface area contributed by atoms with Gasteiger partial charge in [-0.05, 0) is 36.2 Å². The first-order chi connectivity index (χ1) is 11.3. The molecule has 2 aromatic rings. The Labute approximate surface area is 140 Å². The average molecular weight is 329 g/mol. The first kappa shape index (κ1) is 17.6. The molecular formula is C18H20FN3O2. The fourth-order valence-electron chi connectivity index (χ4n) is 2.10. The second-order valence-corrected chi connectivity index (χ2v) is 6.25. The van der Waals surface area contributed by atoms with Crippen molar-refractivity contribution in [1.82, 2.24) is 10.3 Å². The number of carbonyl (C=O) groups is 2. The Morgan fingerprint density at radius 3 is 2.33 bits per heavy atom. The third-order valence-electron chi connectivity index (χ3n) is 3.68. The number of aryl methyl sites for hydroxylation is 1. The van der Waals surface area contributed by atoms with E-state index in [1.807, 2.05) is 20.8 Å². The number of anilines is 1. The van der Waals surface area contributed by atoms with Gasteiger partial charge in [-0.3, -0.25) is 9.59 Å². The number of nitrogens with one attached hydrogen (secondary N) is 2. The van der Waals surface area contributed by atoms with Crippen LogP contribution >= 0.6 is 0 Å². The minimum absolute atomic E-state index is 0.242. The zero-order valence-corrected chi connectivity index (χ0v) is 13.9. The monoisotopic (exact) mass is 329 g/mol. The van der Waals surface area contributed by atoms with E-state index >= 15 is 0 Å². The number of rotatable bonds is 4. The highest BCUT2D eigenvalue weighted by Crippen LogP contribution is 2.22. The maximum Gasteiger partial charge on any atom is 0.314 e. The lowest BCUT2D eigenvalue weighted by Crippen LogP contribution is -2.42. The molecule has 126 valence electrons. The van der Waals surface area contributed by atoms with Crippen LogP contribution in [0.4, 0.5) is 10.2 Å². The van der Waals surface area contributed by atoms with Gasteiger partial charge in [0.25, 0.3) is 0 Å². The zero-order chi connectivity index (χ0) is 17.7. The van der Waals surface area contributed by atoms with E-state index in [-0.39, 0.29) is 12.4 Å². The number of carbonyl (C=O) groups excluding carboxylic acids is 2. The van der Waals surface area contributed by atoms with E-state index in [1.54, 1.807) is 30.5 Å². The van der Waals surface area contributed by atoms with Crippen LogP contribution < -0.4 is 10.6 Å². The molecule has 0 aliphatic heterocycles. The van der Waals surface area contributed by atoms with Crippen molar-refractivity contribution in [3.63, 3.8) is 0 Å². The van der Waals surface area contributed by atoms with Gasteiger partial charge in [-0.2, -0.15) is 0 Å². The number of benzene rings is 1. The maximum atomic E-state index is 13.0. The standard InChI is InChI=1S/C18H20FN3O2/c1-12-4-9-15(20-10-12)22-17(24)16(23)21-11-18(2,3)13-5-7-14(19)8-6-13/h4-10H,11H2,1-3H3,(H,21,23)(H,20,22,24). The van der Waals surface area contributed by atoms with Crippen molar-refractivity contribution in [1.29, 1.82) is 0 Å². The molecule has 24 heavy (non-hydrogen) atoms. The van der Waals surface area contributed by atoms with Crippen LogP contribution in [0.2, 0.25) is 0 Å². The number of nitrogens with zero attached hydrogens (tertiary/aromatic N) is 1. The van der Waals surface area contributed by atoms with Gasteiger partial charge in [0, 0.05) is 18.2 Å².